The van der Waals surface area contributed by atoms with Gasteiger partial charge in [0.1, 0.15) is 11.5 Å². The summed E-state index contributed by atoms with van der Waals surface area (Å²) < 4.78 is 52.3. The number of nitrogens with one attached hydrogen (secondary N) is 1. The van der Waals surface area contributed by atoms with Gasteiger partial charge in [-0.1, -0.05) is 23.7 Å². The topological polar surface area (TPSA) is 46.4 Å². The highest BCUT2D eigenvalue weighted by Gasteiger charge is 2.32. The standard InChI is InChI=1S/C16H10ClF4N3O/c17-12-5-10(16(19,20)21)7-24-8-13(23-14(12)24)15(25)22-6-9-1-3-11(18)4-2-9/h1-5,7-8H,6H2,(H,22,25). The minimum atomic E-state index is -4.56. The van der Waals surface area contributed by atoms with Crippen molar-refractivity contribution in [3.63, 3.8) is 0 Å². The van der Waals surface area contributed by atoms with E-state index in [1.165, 1.54) is 24.3 Å². The van der Waals surface area contributed by atoms with Crippen LogP contribution in [0.3, 0.4) is 0 Å². The molecule has 3 rings (SSSR count). The molecule has 0 fully saturated rings. The van der Waals surface area contributed by atoms with E-state index in [-0.39, 0.29) is 22.9 Å². The summed E-state index contributed by atoms with van der Waals surface area (Å²) in [6.45, 7) is 0.120. The molecule has 1 aromatic carbocycles. The van der Waals surface area contributed by atoms with Crippen LogP contribution >= 0.6 is 11.6 Å². The summed E-state index contributed by atoms with van der Waals surface area (Å²) in [5.41, 5.74) is -0.318. The van der Waals surface area contributed by atoms with Gasteiger partial charge in [-0.25, -0.2) is 9.37 Å². The van der Waals surface area contributed by atoms with Gasteiger partial charge in [-0.05, 0) is 23.8 Å². The Kier molecular flexibility index (Phi) is 4.38. The Morgan fingerprint density at radius 1 is 1.20 bits per heavy atom. The minimum Gasteiger partial charge on any atom is -0.347 e. The first kappa shape index (κ1) is 17.2. The molecule has 0 aliphatic carbocycles. The largest absolute Gasteiger partial charge is 0.417 e. The Morgan fingerprint density at radius 3 is 2.52 bits per heavy atom. The van der Waals surface area contributed by atoms with Crippen molar-refractivity contribution < 1.29 is 22.4 Å². The highest BCUT2D eigenvalue weighted by atomic mass is 35.5. The van der Waals surface area contributed by atoms with Gasteiger partial charge >= 0.3 is 6.18 Å². The maximum atomic E-state index is 12.8. The lowest BCUT2D eigenvalue weighted by atomic mass is 10.2. The number of fused-ring (bicyclic) bond motifs is 1. The molecule has 4 nitrogen and oxygen atoms in total. The Morgan fingerprint density at radius 2 is 1.88 bits per heavy atom. The molecule has 0 saturated heterocycles. The predicted molar refractivity (Wildman–Crippen MR) is 82.8 cm³/mol. The fraction of sp³-hybridized carbons (Fsp3) is 0.125. The minimum absolute atomic E-state index is 0.0431. The summed E-state index contributed by atoms with van der Waals surface area (Å²) in [5.74, 6) is -0.983. The fourth-order valence-electron chi connectivity index (χ4n) is 2.20. The number of benzene rings is 1. The lowest BCUT2D eigenvalue weighted by molar-refractivity contribution is -0.137. The molecule has 0 unspecified atom stereocenters. The molecule has 0 spiro atoms. The highest BCUT2D eigenvalue weighted by molar-refractivity contribution is 6.33. The van der Waals surface area contributed by atoms with Crippen molar-refractivity contribution in [1.82, 2.24) is 14.7 Å². The van der Waals surface area contributed by atoms with Gasteiger partial charge in [0.25, 0.3) is 5.91 Å². The predicted octanol–water partition coefficient (Wildman–Crippen LogP) is 4.08. The van der Waals surface area contributed by atoms with Gasteiger partial charge < -0.3 is 9.72 Å². The van der Waals surface area contributed by atoms with Gasteiger partial charge in [-0.2, -0.15) is 13.2 Å². The number of carbonyl (C=O) groups excluding carboxylic acids is 1. The van der Waals surface area contributed by atoms with Gasteiger partial charge in [-0.15, -0.1) is 0 Å². The van der Waals surface area contributed by atoms with Crippen molar-refractivity contribution in [3.05, 3.63) is 70.4 Å². The van der Waals surface area contributed by atoms with Gasteiger partial charge in [-0.3, -0.25) is 4.79 Å². The second-order valence-electron chi connectivity index (χ2n) is 5.24. The number of amides is 1. The average molecular weight is 372 g/mol. The zero-order valence-electron chi connectivity index (χ0n) is 12.4. The average Bonchev–Trinajstić information content (AvgIpc) is 2.98. The van der Waals surface area contributed by atoms with Crippen LogP contribution < -0.4 is 5.32 Å². The summed E-state index contributed by atoms with van der Waals surface area (Å²) in [5, 5.41) is 2.34. The van der Waals surface area contributed by atoms with Gasteiger partial charge in [0.15, 0.2) is 5.65 Å². The van der Waals surface area contributed by atoms with Crippen molar-refractivity contribution in [2.75, 3.05) is 0 Å². The molecule has 2 heterocycles. The molecule has 0 aliphatic heterocycles. The molecule has 0 radical (unpaired) electrons. The van der Waals surface area contributed by atoms with E-state index in [2.05, 4.69) is 10.3 Å². The Balaban J connectivity index is 1.82. The molecule has 25 heavy (non-hydrogen) atoms. The zero-order chi connectivity index (χ0) is 18.2. The van der Waals surface area contributed by atoms with E-state index in [4.69, 9.17) is 11.6 Å². The van der Waals surface area contributed by atoms with Gasteiger partial charge in [0, 0.05) is 18.9 Å². The van der Waals surface area contributed by atoms with Gasteiger partial charge in [0.05, 0.1) is 10.6 Å². The number of rotatable bonds is 3. The van der Waals surface area contributed by atoms with Crippen LogP contribution in [0.5, 0.6) is 0 Å². The number of nitrogens with zero attached hydrogens (tertiary/aromatic N) is 2. The van der Waals surface area contributed by atoms with Crippen LogP contribution in [-0.2, 0) is 12.7 Å². The van der Waals surface area contributed by atoms with E-state index >= 15 is 0 Å². The van der Waals surface area contributed by atoms with Crippen LogP contribution in [0.2, 0.25) is 5.02 Å². The van der Waals surface area contributed by atoms with E-state index in [1.54, 1.807) is 0 Å². The van der Waals surface area contributed by atoms with Crippen LogP contribution in [0.1, 0.15) is 21.6 Å². The number of hydrogen-bond acceptors (Lipinski definition) is 2. The molecule has 130 valence electrons. The summed E-state index contributed by atoms with van der Waals surface area (Å²) in [7, 11) is 0. The van der Waals surface area contributed by atoms with Crippen molar-refractivity contribution in [2.24, 2.45) is 0 Å². The van der Waals surface area contributed by atoms with Crippen molar-refractivity contribution in [2.45, 2.75) is 12.7 Å². The van der Waals surface area contributed by atoms with Gasteiger partial charge in [0.2, 0.25) is 0 Å². The van der Waals surface area contributed by atoms with Crippen LogP contribution in [0, 0.1) is 5.82 Å². The number of hydrogen-bond donors (Lipinski definition) is 1. The zero-order valence-corrected chi connectivity index (χ0v) is 13.2. The van der Waals surface area contributed by atoms with Crippen LogP contribution in [-0.4, -0.2) is 15.3 Å². The molecular weight excluding hydrogens is 362 g/mol. The van der Waals surface area contributed by atoms with E-state index in [0.29, 0.717) is 5.56 Å². The summed E-state index contributed by atoms with van der Waals surface area (Å²) >= 11 is 5.82. The summed E-state index contributed by atoms with van der Waals surface area (Å²) in [4.78, 5) is 16.1. The quantitative estimate of drug-likeness (QED) is 0.705. The lowest BCUT2D eigenvalue weighted by Crippen LogP contribution is -2.23. The van der Waals surface area contributed by atoms with Crippen LogP contribution in [0.25, 0.3) is 5.65 Å². The number of alkyl halides is 3. The molecule has 1 amide bonds. The molecule has 9 heteroatoms. The molecule has 1 N–H and O–H groups in total. The third-order valence-electron chi connectivity index (χ3n) is 3.43. The van der Waals surface area contributed by atoms with Crippen molar-refractivity contribution >= 4 is 23.2 Å². The second kappa shape index (κ2) is 6.36. The maximum Gasteiger partial charge on any atom is 0.417 e. The smallest absolute Gasteiger partial charge is 0.347 e. The van der Waals surface area contributed by atoms with E-state index in [0.717, 1.165) is 22.9 Å². The number of pyridine rings is 1. The molecule has 2 aromatic heterocycles. The molecule has 0 atom stereocenters. The van der Waals surface area contributed by atoms with E-state index in [1.807, 2.05) is 0 Å². The third-order valence-corrected chi connectivity index (χ3v) is 3.71. The molecule has 3 aromatic rings. The van der Waals surface area contributed by atoms with E-state index < -0.39 is 23.5 Å². The van der Waals surface area contributed by atoms with Crippen LogP contribution in [0.4, 0.5) is 17.6 Å². The summed E-state index contributed by atoms with van der Waals surface area (Å²) in [6, 6.07) is 6.28. The highest BCUT2D eigenvalue weighted by Crippen LogP contribution is 2.32. The fourth-order valence-corrected chi connectivity index (χ4v) is 2.45. The maximum absolute atomic E-state index is 12.8. The lowest BCUT2D eigenvalue weighted by Gasteiger charge is -2.07. The monoisotopic (exact) mass is 371 g/mol. The number of carbonyl (C=O) groups is 1. The molecule has 0 bridgehead atoms. The number of halogens is 5. The molecule has 0 saturated carbocycles. The number of imidazole rings is 1. The third kappa shape index (κ3) is 3.74. The first-order valence-corrected chi connectivity index (χ1v) is 7.40. The van der Waals surface area contributed by atoms with Crippen molar-refractivity contribution in [1.29, 1.82) is 0 Å². The second-order valence-corrected chi connectivity index (χ2v) is 5.65. The number of aromatic nitrogens is 2. The molecular formula is C16H10ClF4N3O. The molecule has 0 aliphatic rings. The Bertz CT molecular complexity index is 935. The Hall–Kier alpha value is -2.61. The van der Waals surface area contributed by atoms with Crippen LogP contribution in [0.15, 0.2) is 42.7 Å². The van der Waals surface area contributed by atoms with Crippen molar-refractivity contribution in [3.8, 4) is 0 Å². The normalized spacial score (nSPS) is 11.7. The first-order valence-electron chi connectivity index (χ1n) is 7.02. The Labute approximate surface area is 144 Å². The first-order chi connectivity index (χ1) is 11.7. The van der Waals surface area contributed by atoms with E-state index in [9.17, 15) is 22.4 Å². The summed E-state index contributed by atoms with van der Waals surface area (Å²) in [6.07, 6.45) is -2.59. The SMILES string of the molecule is O=C(NCc1ccc(F)cc1)c1cn2cc(C(F)(F)F)cc(Cl)c2n1.